The van der Waals surface area contributed by atoms with Crippen molar-refractivity contribution >= 4 is 65.6 Å². The Hall–Kier alpha value is -6.78. The quantitative estimate of drug-likeness (QED) is 0.180. The summed E-state index contributed by atoms with van der Waals surface area (Å²) in [5.41, 5.74) is 11.2. The summed E-state index contributed by atoms with van der Waals surface area (Å²) in [7, 11) is 0. The number of furan rings is 2. The molecule has 0 amide bonds. The predicted molar refractivity (Wildman–Crippen MR) is 205 cm³/mol. The molecule has 0 fully saturated rings. The number of nitrogens with zero attached hydrogens (tertiary/aromatic N) is 2. The molecule has 3 heterocycles. The van der Waals surface area contributed by atoms with Gasteiger partial charge in [-0.1, -0.05) is 115 Å². The van der Waals surface area contributed by atoms with Crippen LogP contribution in [0.1, 0.15) is 0 Å². The second-order valence-electron chi connectivity index (χ2n) is 12.9. The van der Waals surface area contributed by atoms with Gasteiger partial charge in [0.2, 0.25) is 0 Å². The molecule has 11 rings (SSSR count). The number of para-hydroxylation sites is 1. The van der Waals surface area contributed by atoms with Crippen LogP contribution in [0.5, 0.6) is 0 Å². The molecule has 0 atom stereocenters. The van der Waals surface area contributed by atoms with Gasteiger partial charge in [-0.05, 0) is 86.3 Å². The second-order valence-corrected chi connectivity index (χ2v) is 12.9. The number of benzene rings is 8. The highest BCUT2D eigenvalue weighted by atomic mass is 16.3. The molecule has 3 aromatic heterocycles. The zero-order valence-electron chi connectivity index (χ0n) is 26.7. The molecule has 232 valence electrons. The lowest BCUT2D eigenvalue weighted by Crippen LogP contribution is -1.94. The van der Waals surface area contributed by atoms with Crippen molar-refractivity contribution in [2.75, 3.05) is 0 Å². The molecule has 0 saturated carbocycles. The van der Waals surface area contributed by atoms with E-state index in [9.17, 15) is 0 Å². The van der Waals surface area contributed by atoms with E-state index in [1.807, 2.05) is 36.4 Å². The zero-order valence-corrected chi connectivity index (χ0v) is 26.7. The minimum atomic E-state index is 0.652. The van der Waals surface area contributed by atoms with Crippen LogP contribution in [0.2, 0.25) is 0 Å². The normalized spacial score (nSPS) is 12.0. The molecule has 0 aliphatic carbocycles. The fourth-order valence-electron chi connectivity index (χ4n) is 7.72. The van der Waals surface area contributed by atoms with Crippen molar-refractivity contribution < 1.29 is 8.83 Å². The number of aromatic nitrogens is 2. The van der Waals surface area contributed by atoms with Crippen LogP contribution in [0.3, 0.4) is 0 Å². The molecule has 0 saturated heterocycles. The summed E-state index contributed by atoms with van der Waals surface area (Å²) in [5.74, 6) is 0.652. The van der Waals surface area contributed by atoms with Gasteiger partial charge < -0.3 is 8.83 Å². The Balaban J connectivity index is 1.13. The monoisotopic (exact) mass is 638 g/mol. The van der Waals surface area contributed by atoms with Crippen LogP contribution in [0, 0.1) is 0 Å². The van der Waals surface area contributed by atoms with Gasteiger partial charge in [-0.2, -0.15) is 0 Å². The molecule has 0 N–H and O–H groups in total. The molecule has 0 aliphatic rings. The molecule has 50 heavy (non-hydrogen) atoms. The van der Waals surface area contributed by atoms with Gasteiger partial charge in [-0.3, -0.25) is 0 Å². The van der Waals surface area contributed by atoms with E-state index in [-0.39, 0.29) is 0 Å². The summed E-state index contributed by atoms with van der Waals surface area (Å²) in [6, 6.07) is 55.0. The van der Waals surface area contributed by atoms with Gasteiger partial charge in [-0.15, -0.1) is 0 Å². The highest BCUT2D eigenvalue weighted by Crippen LogP contribution is 2.46. The molecule has 0 aliphatic heterocycles. The molecule has 0 bridgehead atoms. The van der Waals surface area contributed by atoms with Crippen LogP contribution in [-0.4, -0.2) is 9.97 Å². The standard InChI is InChI=1S/C46H26N2O2/c1-3-12-27(13-4-1)31-23-36-33-18-7-8-19-34(33)37-24-32(26-40-42(37)41(36)39(25-31)49-40)29-16-11-17-30(22-29)46-47-43(28-14-5-2-6-15-28)45-44(48-46)35-20-9-10-21-38(35)50-45/h1-26H. The van der Waals surface area contributed by atoms with E-state index >= 15 is 0 Å². The molecule has 4 nitrogen and oxygen atoms in total. The van der Waals surface area contributed by atoms with Crippen LogP contribution in [0.4, 0.5) is 0 Å². The van der Waals surface area contributed by atoms with Crippen LogP contribution in [-0.2, 0) is 0 Å². The Morgan fingerprint density at radius 1 is 0.340 bits per heavy atom. The molecule has 0 radical (unpaired) electrons. The maximum absolute atomic E-state index is 6.73. The van der Waals surface area contributed by atoms with Gasteiger partial charge in [0.05, 0.1) is 0 Å². The maximum Gasteiger partial charge on any atom is 0.180 e. The average Bonchev–Trinajstić information content (AvgIpc) is 3.76. The first-order chi connectivity index (χ1) is 24.8. The molecule has 4 heteroatoms. The van der Waals surface area contributed by atoms with Crippen molar-refractivity contribution in [3.8, 4) is 44.9 Å². The van der Waals surface area contributed by atoms with E-state index < -0.39 is 0 Å². The predicted octanol–water partition coefficient (Wildman–Crippen LogP) is 12.7. The van der Waals surface area contributed by atoms with Crippen molar-refractivity contribution in [3.63, 3.8) is 0 Å². The smallest absolute Gasteiger partial charge is 0.180 e. The lowest BCUT2D eigenvalue weighted by molar-refractivity contribution is 0.667. The van der Waals surface area contributed by atoms with Gasteiger partial charge >= 0.3 is 0 Å². The highest BCUT2D eigenvalue weighted by Gasteiger charge is 2.21. The van der Waals surface area contributed by atoms with Crippen LogP contribution in [0.15, 0.2) is 167 Å². The SMILES string of the molecule is c1ccc(-c2cc3oc4cc(-c5cccc(-c6nc(-c7ccccc7)c7oc8ccccc8c7n6)c5)cc5c6ccccc6c(c2)c3c45)cc1. The topological polar surface area (TPSA) is 52.1 Å². The Morgan fingerprint density at radius 2 is 0.900 bits per heavy atom. The molecule has 0 spiro atoms. The van der Waals surface area contributed by atoms with Gasteiger partial charge in [-0.25, -0.2) is 9.97 Å². The fraction of sp³-hybridized carbons (Fsp3) is 0. The van der Waals surface area contributed by atoms with Gasteiger partial charge in [0.15, 0.2) is 11.4 Å². The Bertz CT molecular complexity index is 3080. The van der Waals surface area contributed by atoms with E-state index in [2.05, 4.69) is 121 Å². The Kier molecular flexibility index (Phi) is 5.63. The van der Waals surface area contributed by atoms with E-state index in [1.54, 1.807) is 0 Å². The van der Waals surface area contributed by atoms with Gasteiger partial charge in [0, 0.05) is 27.3 Å². The highest BCUT2D eigenvalue weighted by molar-refractivity contribution is 6.34. The molecular formula is C46H26N2O2. The first-order valence-corrected chi connectivity index (χ1v) is 16.8. The first kappa shape index (κ1) is 27.2. The van der Waals surface area contributed by atoms with E-state index in [1.165, 1.54) is 37.9 Å². The number of hydrogen-bond donors (Lipinski definition) is 0. The molecule has 11 aromatic rings. The maximum atomic E-state index is 6.73. The van der Waals surface area contributed by atoms with Crippen molar-refractivity contribution in [2.45, 2.75) is 0 Å². The van der Waals surface area contributed by atoms with E-state index in [0.717, 1.165) is 61.2 Å². The number of rotatable bonds is 4. The Morgan fingerprint density at radius 3 is 1.60 bits per heavy atom. The van der Waals surface area contributed by atoms with Gasteiger partial charge in [0.25, 0.3) is 0 Å². The largest absolute Gasteiger partial charge is 0.456 e. The molecular weight excluding hydrogens is 613 g/mol. The fourth-order valence-corrected chi connectivity index (χ4v) is 7.72. The second kappa shape index (κ2) is 10.4. The summed E-state index contributed by atoms with van der Waals surface area (Å²) in [6.07, 6.45) is 0. The van der Waals surface area contributed by atoms with E-state index in [0.29, 0.717) is 11.4 Å². The van der Waals surface area contributed by atoms with Crippen molar-refractivity contribution in [1.29, 1.82) is 0 Å². The molecule has 8 aromatic carbocycles. The lowest BCUT2D eigenvalue weighted by atomic mass is 9.90. The minimum absolute atomic E-state index is 0.652. The van der Waals surface area contributed by atoms with Crippen molar-refractivity contribution in [1.82, 2.24) is 9.97 Å². The summed E-state index contributed by atoms with van der Waals surface area (Å²) < 4.78 is 13.1. The third-order valence-electron chi connectivity index (χ3n) is 10.0. The summed E-state index contributed by atoms with van der Waals surface area (Å²) in [4.78, 5) is 10.2. The zero-order chi connectivity index (χ0) is 32.8. The van der Waals surface area contributed by atoms with Crippen LogP contribution < -0.4 is 0 Å². The Labute approximate surface area is 286 Å². The minimum Gasteiger partial charge on any atom is -0.456 e. The number of fused-ring (bicyclic) bond motifs is 6. The first-order valence-electron chi connectivity index (χ1n) is 16.8. The third-order valence-corrected chi connectivity index (χ3v) is 10.0. The summed E-state index contributed by atoms with van der Waals surface area (Å²) in [6.45, 7) is 0. The van der Waals surface area contributed by atoms with Crippen molar-refractivity contribution in [3.05, 3.63) is 158 Å². The third kappa shape index (κ3) is 3.99. The van der Waals surface area contributed by atoms with Crippen molar-refractivity contribution in [2.24, 2.45) is 0 Å². The summed E-state index contributed by atoms with van der Waals surface area (Å²) in [5, 5.41) is 8.15. The van der Waals surface area contributed by atoms with E-state index in [4.69, 9.17) is 18.8 Å². The van der Waals surface area contributed by atoms with Gasteiger partial charge in [0.1, 0.15) is 28.0 Å². The number of hydrogen-bond acceptors (Lipinski definition) is 4. The lowest BCUT2D eigenvalue weighted by Gasteiger charge is -2.12. The molecule has 0 unspecified atom stereocenters. The van der Waals surface area contributed by atoms with Crippen LogP contribution in [0.25, 0.3) is 110 Å². The van der Waals surface area contributed by atoms with Crippen LogP contribution >= 0.6 is 0 Å². The average molecular weight is 639 g/mol. The summed E-state index contributed by atoms with van der Waals surface area (Å²) >= 11 is 0.